The first kappa shape index (κ1) is 9.80. The minimum Gasteiger partial charge on any atom is -0.473 e. The van der Waals surface area contributed by atoms with E-state index in [9.17, 15) is 0 Å². The average molecular weight is 274 g/mol. The summed E-state index contributed by atoms with van der Waals surface area (Å²) in [5.41, 5.74) is 0. The van der Waals surface area contributed by atoms with E-state index in [1.54, 1.807) is 0 Å². The summed E-state index contributed by atoms with van der Waals surface area (Å²) in [6, 6.07) is 0. The molecule has 0 saturated carbocycles. The number of carboxylic acids is 2. The molecule has 0 aromatic rings. The summed E-state index contributed by atoms with van der Waals surface area (Å²) in [6.45, 7) is 0. The van der Waals surface area contributed by atoms with E-state index in [0.717, 1.165) is 0 Å². The molecule has 0 fully saturated rings. The van der Waals surface area contributed by atoms with Crippen LogP contribution in [0.2, 0.25) is 0 Å². The van der Waals surface area contributed by atoms with Crippen molar-refractivity contribution in [2.45, 2.75) is 0 Å². The molecule has 0 aromatic carbocycles. The van der Waals surface area contributed by atoms with Gasteiger partial charge >= 0.3 is 11.9 Å². The van der Waals surface area contributed by atoms with Crippen LogP contribution in [0.3, 0.4) is 0 Å². The second kappa shape index (κ2) is 3.81. The summed E-state index contributed by atoms with van der Waals surface area (Å²) < 4.78 is 0. The number of aliphatic carboxylic acids is 2. The zero-order valence-electron chi connectivity index (χ0n) is 3.12. The van der Waals surface area contributed by atoms with Crippen LogP contribution < -0.4 is 0 Å². The van der Waals surface area contributed by atoms with E-state index < -0.39 is 11.9 Å². The van der Waals surface area contributed by atoms with Crippen molar-refractivity contribution in [1.82, 2.24) is 0 Å². The van der Waals surface area contributed by atoms with E-state index in [2.05, 4.69) is 0 Å². The molecule has 0 bridgehead atoms. The molecule has 4 nitrogen and oxygen atoms in total. The van der Waals surface area contributed by atoms with Crippen LogP contribution >= 0.6 is 0 Å². The first-order valence-corrected chi connectivity index (χ1v) is 1.11. The van der Waals surface area contributed by atoms with E-state index in [4.69, 9.17) is 19.8 Å². The van der Waals surface area contributed by atoms with Crippen LogP contribution in [0, 0.1) is 0 Å². The Hall–Kier alpha value is -0.372. The third kappa shape index (κ3) is 5.63. The van der Waals surface area contributed by atoms with Gasteiger partial charge in [-0.3, -0.25) is 0 Å². The van der Waals surface area contributed by atoms with Crippen molar-refractivity contribution in [1.29, 1.82) is 0 Å². The summed E-state index contributed by atoms with van der Waals surface area (Å²) >= 11 is 0. The topological polar surface area (TPSA) is 74.6 Å². The van der Waals surface area contributed by atoms with E-state index >= 15 is 0 Å². The molecule has 0 saturated heterocycles. The van der Waals surface area contributed by atoms with Crippen molar-refractivity contribution in [3.63, 3.8) is 0 Å². The number of carboxylic acid groups (broad SMARTS) is 2. The molecule has 0 spiro atoms. The van der Waals surface area contributed by atoms with Crippen molar-refractivity contribution < 1.29 is 40.9 Å². The van der Waals surface area contributed by atoms with E-state index in [0.29, 0.717) is 0 Å². The summed E-state index contributed by atoms with van der Waals surface area (Å²) in [7, 11) is 0. The van der Waals surface area contributed by atoms with Gasteiger partial charge in [-0.05, 0) is 0 Å². The van der Waals surface area contributed by atoms with Gasteiger partial charge in [0.05, 0.1) is 0 Å². The molecular formula is C2H2O4W. The maximum absolute atomic E-state index is 9.10. The maximum Gasteiger partial charge on any atom is 0.414 e. The van der Waals surface area contributed by atoms with Crippen LogP contribution in [0.4, 0.5) is 0 Å². The number of carbonyl (C=O) groups is 2. The van der Waals surface area contributed by atoms with Crippen molar-refractivity contribution >= 4 is 11.9 Å². The Bertz CT molecular complexity index is 75.7. The Labute approximate surface area is 53.4 Å². The Morgan fingerprint density at radius 3 is 1.14 bits per heavy atom. The summed E-state index contributed by atoms with van der Waals surface area (Å²) in [4.78, 5) is 18.2. The molecule has 0 amide bonds. The van der Waals surface area contributed by atoms with Gasteiger partial charge < -0.3 is 10.2 Å². The molecule has 0 unspecified atom stereocenters. The van der Waals surface area contributed by atoms with Crippen LogP contribution in [-0.2, 0) is 30.7 Å². The fourth-order valence-corrected chi connectivity index (χ4v) is 0. The zero-order chi connectivity index (χ0) is 5.15. The molecule has 40 valence electrons. The predicted octanol–water partition coefficient (Wildman–Crippen LogP) is -0.847. The van der Waals surface area contributed by atoms with Gasteiger partial charge in [0.15, 0.2) is 0 Å². The number of hydrogen-bond acceptors (Lipinski definition) is 2. The molecule has 0 aromatic heterocycles. The first-order valence-electron chi connectivity index (χ1n) is 1.11. The van der Waals surface area contributed by atoms with Gasteiger partial charge in [-0.2, -0.15) is 0 Å². The molecule has 0 radical (unpaired) electrons. The molecular weight excluding hydrogens is 272 g/mol. The SMILES string of the molecule is O=C(O)C(=O)O.[W]. The fourth-order valence-electron chi connectivity index (χ4n) is 0. The normalized spacial score (nSPS) is 6.29. The van der Waals surface area contributed by atoms with Crippen molar-refractivity contribution in [2.75, 3.05) is 0 Å². The fraction of sp³-hybridized carbons (Fsp3) is 0. The molecule has 0 heterocycles. The van der Waals surface area contributed by atoms with Gasteiger partial charge in [0.2, 0.25) is 0 Å². The van der Waals surface area contributed by atoms with E-state index in [-0.39, 0.29) is 21.1 Å². The molecule has 5 heteroatoms. The molecule has 0 aliphatic heterocycles. The first-order chi connectivity index (χ1) is 2.64. The molecule has 0 aliphatic rings. The Morgan fingerprint density at radius 1 is 1.00 bits per heavy atom. The zero-order valence-corrected chi connectivity index (χ0v) is 6.05. The third-order valence-corrected chi connectivity index (χ3v) is 0.183. The van der Waals surface area contributed by atoms with E-state index in [1.165, 1.54) is 0 Å². The molecule has 2 N–H and O–H groups in total. The number of hydrogen-bond donors (Lipinski definition) is 2. The molecule has 0 aliphatic carbocycles. The summed E-state index contributed by atoms with van der Waals surface area (Å²) in [6.07, 6.45) is 0. The summed E-state index contributed by atoms with van der Waals surface area (Å²) in [5.74, 6) is -3.65. The van der Waals surface area contributed by atoms with Crippen molar-refractivity contribution in [3.8, 4) is 0 Å². The smallest absolute Gasteiger partial charge is 0.414 e. The maximum atomic E-state index is 9.10. The van der Waals surface area contributed by atoms with Gasteiger partial charge in [-0.25, -0.2) is 9.59 Å². The number of rotatable bonds is 0. The summed E-state index contributed by atoms with van der Waals surface area (Å²) in [5, 5.41) is 14.8. The standard InChI is InChI=1S/C2H2O4.W/c3-1(4)2(5)6;/h(H,3,4)(H,5,6);. The monoisotopic (exact) mass is 274 g/mol. The molecule has 0 atom stereocenters. The van der Waals surface area contributed by atoms with Crippen LogP contribution in [0.1, 0.15) is 0 Å². The second-order valence-electron chi connectivity index (χ2n) is 0.610. The average Bonchev–Trinajstić information content (AvgIpc) is 1.36. The van der Waals surface area contributed by atoms with Gasteiger partial charge in [-0.1, -0.05) is 0 Å². The van der Waals surface area contributed by atoms with E-state index in [1.807, 2.05) is 0 Å². The predicted molar refractivity (Wildman–Crippen MR) is 15.3 cm³/mol. The van der Waals surface area contributed by atoms with Crippen LogP contribution in [0.5, 0.6) is 0 Å². The van der Waals surface area contributed by atoms with Gasteiger partial charge in [0.25, 0.3) is 0 Å². The quantitative estimate of drug-likeness (QED) is 0.564. The minimum absolute atomic E-state index is 0. The van der Waals surface area contributed by atoms with Crippen LogP contribution in [0.25, 0.3) is 0 Å². The van der Waals surface area contributed by atoms with Crippen molar-refractivity contribution in [3.05, 3.63) is 0 Å². The van der Waals surface area contributed by atoms with Gasteiger partial charge in [0.1, 0.15) is 0 Å². The van der Waals surface area contributed by atoms with Gasteiger partial charge in [0, 0.05) is 21.1 Å². The van der Waals surface area contributed by atoms with Crippen molar-refractivity contribution in [2.24, 2.45) is 0 Å². The Balaban J connectivity index is 0. The van der Waals surface area contributed by atoms with Crippen LogP contribution in [0.15, 0.2) is 0 Å². The Kier molecular flexibility index (Phi) is 5.33. The minimum atomic E-state index is -1.82. The molecule has 0 rings (SSSR count). The van der Waals surface area contributed by atoms with Gasteiger partial charge in [-0.15, -0.1) is 0 Å². The largest absolute Gasteiger partial charge is 0.473 e. The third-order valence-electron chi connectivity index (χ3n) is 0.183. The molecule has 7 heavy (non-hydrogen) atoms. The van der Waals surface area contributed by atoms with Crippen LogP contribution in [-0.4, -0.2) is 22.2 Å². The Morgan fingerprint density at radius 2 is 1.14 bits per heavy atom. The second-order valence-corrected chi connectivity index (χ2v) is 0.610.